The number of fused-ring (bicyclic) bond motifs is 1. The fourth-order valence-electron chi connectivity index (χ4n) is 1.32. The normalized spacial score (nSPS) is 10.9. The Morgan fingerprint density at radius 3 is 3.00 bits per heavy atom. The van der Waals surface area contributed by atoms with Crippen molar-refractivity contribution in [1.29, 1.82) is 0 Å². The van der Waals surface area contributed by atoms with Crippen LogP contribution in [0.4, 0.5) is 5.69 Å². The second kappa shape index (κ2) is 3.18. The van der Waals surface area contributed by atoms with Gasteiger partial charge in [-0.3, -0.25) is 0 Å². The van der Waals surface area contributed by atoms with Crippen LogP contribution in [0.25, 0.3) is 10.1 Å². The summed E-state index contributed by atoms with van der Waals surface area (Å²) in [5, 5.41) is 12.5. The molecule has 3 N–H and O–H groups in total. The van der Waals surface area contributed by atoms with Gasteiger partial charge in [0.05, 0.1) is 22.0 Å². The molecule has 2 rings (SSSR count). The van der Waals surface area contributed by atoms with E-state index in [-0.39, 0.29) is 6.61 Å². The highest BCUT2D eigenvalue weighted by atomic mass is 35.5. The minimum atomic E-state index is -0.00671. The molecule has 4 heteroatoms. The molecule has 1 aromatic heterocycles. The quantitative estimate of drug-likeness (QED) is 0.716. The van der Waals surface area contributed by atoms with Gasteiger partial charge in [0.15, 0.2) is 0 Å². The summed E-state index contributed by atoms with van der Waals surface area (Å²) < 4.78 is 0.955. The average molecular weight is 214 g/mol. The lowest BCUT2D eigenvalue weighted by molar-refractivity contribution is 0.283. The van der Waals surface area contributed by atoms with Crippen molar-refractivity contribution in [2.45, 2.75) is 6.61 Å². The Morgan fingerprint density at radius 2 is 2.31 bits per heavy atom. The largest absolute Gasteiger partial charge is 0.396 e. The predicted molar refractivity (Wildman–Crippen MR) is 57.2 cm³/mol. The van der Waals surface area contributed by atoms with Crippen molar-refractivity contribution in [3.63, 3.8) is 0 Å². The molecule has 2 nitrogen and oxygen atoms in total. The van der Waals surface area contributed by atoms with E-state index in [0.29, 0.717) is 10.7 Å². The topological polar surface area (TPSA) is 46.2 Å². The molecule has 68 valence electrons. The summed E-state index contributed by atoms with van der Waals surface area (Å²) in [6, 6.07) is 3.66. The maximum Gasteiger partial charge on any atom is 0.0688 e. The predicted octanol–water partition coefficient (Wildman–Crippen LogP) is 2.63. The van der Waals surface area contributed by atoms with Gasteiger partial charge in [0.25, 0.3) is 0 Å². The number of rotatable bonds is 1. The molecule has 0 radical (unpaired) electrons. The lowest BCUT2D eigenvalue weighted by Crippen LogP contribution is -1.90. The van der Waals surface area contributed by atoms with E-state index in [9.17, 15) is 0 Å². The zero-order valence-corrected chi connectivity index (χ0v) is 8.32. The fraction of sp³-hybridized carbons (Fsp3) is 0.111. The van der Waals surface area contributed by atoms with E-state index >= 15 is 0 Å². The van der Waals surface area contributed by atoms with Crippen LogP contribution in [0.3, 0.4) is 0 Å². The lowest BCUT2D eigenvalue weighted by Gasteiger charge is -2.04. The number of aliphatic hydroxyl groups excluding tert-OH is 1. The molecule has 0 aliphatic heterocycles. The summed E-state index contributed by atoms with van der Waals surface area (Å²) in [6.07, 6.45) is 0. The molecule has 0 spiro atoms. The molecule has 2 aromatic rings. The third kappa shape index (κ3) is 1.29. The number of nitrogens with two attached hydrogens (primary N) is 1. The smallest absolute Gasteiger partial charge is 0.0688 e. The molecule has 1 heterocycles. The van der Waals surface area contributed by atoms with Gasteiger partial charge in [0.2, 0.25) is 0 Å². The van der Waals surface area contributed by atoms with Crippen LogP contribution < -0.4 is 5.73 Å². The summed E-state index contributed by atoms with van der Waals surface area (Å²) in [6.45, 7) is -0.00671. The zero-order chi connectivity index (χ0) is 9.42. The standard InChI is InChI=1S/C9H8ClNOS/c10-7-3-5(4-12)6-1-2-13-9(6)8(7)11/h1-3,12H,4,11H2. The molecule has 0 aliphatic rings. The first-order chi connectivity index (χ1) is 6.24. The molecule has 0 bridgehead atoms. The molecular formula is C9H8ClNOS. The fourth-order valence-corrected chi connectivity index (χ4v) is 2.50. The number of halogens is 1. The molecule has 0 saturated heterocycles. The van der Waals surface area contributed by atoms with Crippen LogP contribution >= 0.6 is 22.9 Å². The Labute approximate surface area is 84.6 Å². The number of aliphatic hydroxyl groups is 1. The van der Waals surface area contributed by atoms with Crippen molar-refractivity contribution < 1.29 is 5.11 Å². The van der Waals surface area contributed by atoms with Crippen LogP contribution in [0.5, 0.6) is 0 Å². The van der Waals surface area contributed by atoms with Gasteiger partial charge >= 0.3 is 0 Å². The van der Waals surface area contributed by atoms with Gasteiger partial charge < -0.3 is 10.8 Å². The molecule has 0 unspecified atom stereocenters. The monoisotopic (exact) mass is 213 g/mol. The second-order valence-electron chi connectivity index (χ2n) is 2.75. The van der Waals surface area contributed by atoms with Gasteiger partial charge in [-0.05, 0) is 23.1 Å². The first-order valence-electron chi connectivity index (χ1n) is 3.79. The van der Waals surface area contributed by atoms with Gasteiger partial charge in [-0.2, -0.15) is 0 Å². The summed E-state index contributed by atoms with van der Waals surface area (Å²) in [7, 11) is 0. The minimum absolute atomic E-state index is 0.00671. The molecule has 0 fully saturated rings. The Morgan fingerprint density at radius 1 is 1.54 bits per heavy atom. The Hall–Kier alpha value is -0.770. The van der Waals surface area contributed by atoms with E-state index < -0.39 is 0 Å². The van der Waals surface area contributed by atoms with Crippen molar-refractivity contribution in [2.24, 2.45) is 0 Å². The molecule has 0 amide bonds. The van der Waals surface area contributed by atoms with Crippen molar-refractivity contribution in [3.8, 4) is 0 Å². The van der Waals surface area contributed by atoms with Crippen LogP contribution in [0.15, 0.2) is 17.5 Å². The van der Waals surface area contributed by atoms with Crippen LogP contribution in [0.1, 0.15) is 5.56 Å². The third-order valence-electron chi connectivity index (χ3n) is 1.98. The van der Waals surface area contributed by atoms with Crippen molar-refractivity contribution >= 4 is 38.7 Å². The summed E-state index contributed by atoms with van der Waals surface area (Å²) in [5.74, 6) is 0. The molecule has 1 aromatic carbocycles. The van der Waals surface area contributed by atoms with E-state index in [0.717, 1.165) is 15.6 Å². The second-order valence-corrected chi connectivity index (χ2v) is 4.08. The van der Waals surface area contributed by atoms with Crippen LogP contribution in [0, 0.1) is 0 Å². The molecule has 0 saturated carbocycles. The Kier molecular flexibility index (Phi) is 2.15. The van der Waals surface area contributed by atoms with Gasteiger partial charge in [-0.1, -0.05) is 11.6 Å². The van der Waals surface area contributed by atoms with Gasteiger partial charge in [-0.25, -0.2) is 0 Å². The molecular weight excluding hydrogens is 206 g/mol. The maximum atomic E-state index is 9.07. The number of benzene rings is 1. The summed E-state index contributed by atoms with van der Waals surface area (Å²) >= 11 is 7.44. The first-order valence-corrected chi connectivity index (χ1v) is 5.04. The molecule has 13 heavy (non-hydrogen) atoms. The van der Waals surface area contributed by atoms with E-state index in [1.165, 1.54) is 11.3 Å². The number of anilines is 1. The molecule has 0 atom stereocenters. The summed E-state index contributed by atoms with van der Waals surface area (Å²) in [4.78, 5) is 0. The van der Waals surface area contributed by atoms with E-state index in [4.69, 9.17) is 22.4 Å². The summed E-state index contributed by atoms with van der Waals surface area (Å²) in [5.41, 5.74) is 7.21. The Balaban J connectivity index is 2.87. The highest BCUT2D eigenvalue weighted by molar-refractivity contribution is 7.18. The van der Waals surface area contributed by atoms with Crippen molar-refractivity contribution in [1.82, 2.24) is 0 Å². The van der Waals surface area contributed by atoms with E-state index in [1.807, 2.05) is 11.4 Å². The van der Waals surface area contributed by atoms with Crippen LogP contribution in [-0.2, 0) is 6.61 Å². The highest BCUT2D eigenvalue weighted by Crippen LogP contribution is 2.35. The maximum absolute atomic E-state index is 9.07. The first kappa shape index (κ1) is 8.81. The van der Waals surface area contributed by atoms with E-state index in [2.05, 4.69) is 0 Å². The molecule has 0 aliphatic carbocycles. The van der Waals surface area contributed by atoms with Crippen molar-refractivity contribution in [3.05, 3.63) is 28.1 Å². The van der Waals surface area contributed by atoms with E-state index in [1.54, 1.807) is 6.07 Å². The zero-order valence-electron chi connectivity index (χ0n) is 6.75. The van der Waals surface area contributed by atoms with Crippen molar-refractivity contribution in [2.75, 3.05) is 5.73 Å². The SMILES string of the molecule is Nc1c(Cl)cc(CO)c2ccsc12. The van der Waals surface area contributed by atoms with Crippen LogP contribution in [-0.4, -0.2) is 5.11 Å². The van der Waals surface area contributed by atoms with Gasteiger partial charge in [0.1, 0.15) is 0 Å². The highest BCUT2D eigenvalue weighted by Gasteiger charge is 2.08. The number of nitrogen functional groups attached to an aromatic ring is 1. The minimum Gasteiger partial charge on any atom is -0.396 e. The Bertz CT molecular complexity index is 452. The number of thiophene rings is 1. The number of hydrogen-bond acceptors (Lipinski definition) is 3. The lowest BCUT2D eigenvalue weighted by atomic mass is 10.1. The number of hydrogen-bond donors (Lipinski definition) is 2. The van der Waals surface area contributed by atoms with Gasteiger partial charge in [0, 0.05) is 5.39 Å². The van der Waals surface area contributed by atoms with Crippen LogP contribution in [0.2, 0.25) is 5.02 Å². The van der Waals surface area contributed by atoms with Gasteiger partial charge in [-0.15, -0.1) is 11.3 Å². The average Bonchev–Trinajstić information content (AvgIpc) is 2.60. The third-order valence-corrected chi connectivity index (χ3v) is 3.24.